The van der Waals surface area contributed by atoms with Crippen molar-refractivity contribution in [2.45, 2.75) is 19.4 Å². The van der Waals surface area contributed by atoms with Gasteiger partial charge in [-0.3, -0.25) is 4.98 Å². The highest BCUT2D eigenvalue weighted by atomic mass is 14.7. The first-order chi connectivity index (χ1) is 5.74. The lowest BCUT2D eigenvalue weighted by molar-refractivity contribution is 0.736. The van der Waals surface area contributed by atoms with Crippen molar-refractivity contribution in [3.05, 3.63) is 42.2 Å². The minimum absolute atomic E-state index is 0.0376. The summed E-state index contributed by atoms with van der Waals surface area (Å²) in [6, 6.07) is 4.02. The number of hydrogen-bond acceptors (Lipinski definition) is 2. The monoisotopic (exact) mass is 162 g/mol. The summed E-state index contributed by atoms with van der Waals surface area (Å²) in [7, 11) is 0. The van der Waals surface area contributed by atoms with E-state index in [2.05, 4.69) is 11.6 Å². The molecular weight excluding hydrogens is 148 g/mol. The van der Waals surface area contributed by atoms with E-state index in [0.29, 0.717) is 0 Å². The maximum absolute atomic E-state index is 5.84. The highest BCUT2D eigenvalue weighted by molar-refractivity contribution is 5.17. The molecule has 1 rings (SSSR count). The fraction of sp³-hybridized carbons (Fsp3) is 0.300. The summed E-state index contributed by atoms with van der Waals surface area (Å²) in [4.78, 5) is 4.17. The molecule has 64 valence electrons. The number of aromatic nitrogens is 1. The summed E-state index contributed by atoms with van der Waals surface area (Å²) >= 11 is 0. The van der Waals surface area contributed by atoms with E-state index in [-0.39, 0.29) is 6.04 Å². The predicted octanol–water partition coefficient (Wildman–Crippen LogP) is 1.97. The molecule has 0 aromatic carbocycles. The smallest absolute Gasteiger partial charge is 0.0372 e. The lowest BCUT2D eigenvalue weighted by atomic mass is 10.1. The van der Waals surface area contributed by atoms with Gasteiger partial charge < -0.3 is 5.73 Å². The molecule has 1 heterocycles. The van der Waals surface area contributed by atoms with Gasteiger partial charge in [0.05, 0.1) is 0 Å². The normalized spacial score (nSPS) is 12.5. The number of aryl methyl sites for hydroxylation is 1. The molecule has 1 aromatic heterocycles. The van der Waals surface area contributed by atoms with Crippen LogP contribution in [0, 0.1) is 6.92 Å². The Morgan fingerprint density at radius 1 is 1.67 bits per heavy atom. The minimum atomic E-state index is 0.0376. The zero-order valence-electron chi connectivity index (χ0n) is 7.33. The van der Waals surface area contributed by atoms with Crippen molar-refractivity contribution < 1.29 is 0 Å². The molecular formula is C10H14N2. The van der Waals surface area contributed by atoms with E-state index in [1.807, 2.05) is 31.3 Å². The maximum Gasteiger partial charge on any atom is 0.0372 e. The lowest BCUT2D eigenvalue weighted by Crippen LogP contribution is -2.09. The summed E-state index contributed by atoms with van der Waals surface area (Å²) in [5.74, 6) is 0. The van der Waals surface area contributed by atoms with E-state index >= 15 is 0 Å². The summed E-state index contributed by atoms with van der Waals surface area (Å²) in [6.45, 7) is 5.60. The van der Waals surface area contributed by atoms with Crippen molar-refractivity contribution in [2.75, 3.05) is 0 Å². The zero-order valence-corrected chi connectivity index (χ0v) is 7.33. The van der Waals surface area contributed by atoms with Crippen molar-refractivity contribution in [1.29, 1.82) is 0 Å². The summed E-state index contributed by atoms with van der Waals surface area (Å²) < 4.78 is 0. The second-order valence-electron chi connectivity index (χ2n) is 2.86. The molecule has 0 aliphatic carbocycles. The second kappa shape index (κ2) is 4.02. The van der Waals surface area contributed by atoms with Gasteiger partial charge in [-0.2, -0.15) is 0 Å². The van der Waals surface area contributed by atoms with Gasteiger partial charge in [-0.25, -0.2) is 0 Å². The topological polar surface area (TPSA) is 38.9 Å². The fourth-order valence-electron chi connectivity index (χ4n) is 1.01. The average Bonchev–Trinajstić information content (AvgIpc) is 2.06. The van der Waals surface area contributed by atoms with E-state index in [0.717, 1.165) is 17.7 Å². The predicted molar refractivity (Wildman–Crippen MR) is 50.7 cm³/mol. The summed E-state index contributed by atoms with van der Waals surface area (Å²) in [5, 5.41) is 0. The van der Waals surface area contributed by atoms with Crippen LogP contribution in [0.3, 0.4) is 0 Å². The molecule has 0 amide bonds. The molecule has 0 bridgehead atoms. The van der Waals surface area contributed by atoms with Crippen LogP contribution >= 0.6 is 0 Å². The Hall–Kier alpha value is -1.15. The molecule has 0 saturated carbocycles. The summed E-state index contributed by atoms with van der Waals surface area (Å²) in [6.07, 6.45) is 4.44. The molecule has 0 radical (unpaired) electrons. The Labute approximate surface area is 73.1 Å². The maximum atomic E-state index is 5.84. The number of pyridine rings is 1. The Morgan fingerprint density at radius 3 is 2.92 bits per heavy atom. The van der Waals surface area contributed by atoms with Crippen LogP contribution in [-0.4, -0.2) is 4.98 Å². The zero-order chi connectivity index (χ0) is 8.97. The number of hydrogen-bond donors (Lipinski definition) is 1. The van der Waals surface area contributed by atoms with E-state index < -0.39 is 0 Å². The van der Waals surface area contributed by atoms with Crippen LogP contribution < -0.4 is 5.73 Å². The van der Waals surface area contributed by atoms with E-state index in [1.54, 1.807) is 0 Å². The number of nitrogens with zero attached hydrogens (tertiary/aromatic N) is 1. The summed E-state index contributed by atoms with van der Waals surface area (Å²) in [5.41, 5.74) is 7.93. The standard InChI is InChI=1S/C10H14N2/c1-3-4-10(11)9-6-5-8(2)12-7-9/h3,5-7,10H,1,4,11H2,2H3/t10-/m0/s1. The molecule has 0 fully saturated rings. The van der Waals surface area contributed by atoms with Crippen LogP contribution in [0.4, 0.5) is 0 Å². The van der Waals surface area contributed by atoms with E-state index in [9.17, 15) is 0 Å². The largest absolute Gasteiger partial charge is 0.324 e. The first-order valence-corrected chi connectivity index (χ1v) is 4.03. The van der Waals surface area contributed by atoms with Crippen LogP contribution in [0.1, 0.15) is 23.7 Å². The van der Waals surface area contributed by atoms with Crippen molar-refractivity contribution in [1.82, 2.24) is 4.98 Å². The second-order valence-corrected chi connectivity index (χ2v) is 2.86. The van der Waals surface area contributed by atoms with Crippen LogP contribution in [0.5, 0.6) is 0 Å². The Balaban J connectivity index is 2.74. The Morgan fingerprint density at radius 2 is 2.42 bits per heavy atom. The van der Waals surface area contributed by atoms with Crippen LogP contribution in [-0.2, 0) is 0 Å². The SMILES string of the molecule is C=CC[C@H](N)c1ccc(C)nc1. The quantitative estimate of drug-likeness (QED) is 0.690. The molecule has 1 atom stereocenters. The van der Waals surface area contributed by atoms with Gasteiger partial charge in [0, 0.05) is 17.9 Å². The Kier molecular flexibility index (Phi) is 3.00. The molecule has 2 nitrogen and oxygen atoms in total. The van der Waals surface area contributed by atoms with Crippen molar-refractivity contribution >= 4 is 0 Å². The third-order valence-electron chi connectivity index (χ3n) is 1.78. The van der Waals surface area contributed by atoms with Gasteiger partial charge >= 0.3 is 0 Å². The molecule has 2 heteroatoms. The molecule has 0 spiro atoms. The van der Waals surface area contributed by atoms with Gasteiger partial charge in [-0.15, -0.1) is 6.58 Å². The fourth-order valence-corrected chi connectivity index (χ4v) is 1.01. The first kappa shape index (κ1) is 8.94. The molecule has 1 aromatic rings. The van der Waals surface area contributed by atoms with Crippen molar-refractivity contribution in [2.24, 2.45) is 5.73 Å². The van der Waals surface area contributed by atoms with Gasteiger partial charge in [0.15, 0.2) is 0 Å². The third kappa shape index (κ3) is 2.17. The molecule has 0 aliphatic heterocycles. The Bertz CT molecular complexity index is 251. The highest BCUT2D eigenvalue weighted by Crippen LogP contribution is 2.12. The molecule has 0 saturated heterocycles. The van der Waals surface area contributed by atoms with Gasteiger partial charge in [0.25, 0.3) is 0 Å². The first-order valence-electron chi connectivity index (χ1n) is 4.03. The highest BCUT2D eigenvalue weighted by Gasteiger charge is 2.02. The minimum Gasteiger partial charge on any atom is -0.324 e. The van der Waals surface area contributed by atoms with Crippen LogP contribution in [0.2, 0.25) is 0 Å². The molecule has 2 N–H and O–H groups in total. The van der Waals surface area contributed by atoms with Crippen molar-refractivity contribution in [3.8, 4) is 0 Å². The molecule has 0 aliphatic rings. The molecule has 0 unspecified atom stereocenters. The van der Waals surface area contributed by atoms with Crippen molar-refractivity contribution in [3.63, 3.8) is 0 Å². The molecule has 12 heavy (non-hydrogen) atoms. The van der Waals surface area contributed by atoms with Gasteiger partial charge in [0.1, 0.15) is 0 Å². The third-order valence-corrected chi connectivity index (χ3v) is 1.78. The number of rotatable bonds is 3. The van der Waals surface area contributed by atoms with E-state index in [4.69, 9.17) is 5.73 Å². The lowest BCUT2D eigenvalue weighted by Gasteiger charge is -2.08. The van der Waals surface area contributed by atoms with Crippen LogP contribution in [0.25, 0.3) is 0 Å². The number of nitrogens with two attached hydrogens (primary N) is 1. The van der Waals surface area contributed by atoms with Crippen LogP contribution in [0.15, 0.2) is 31.0 Å². The van der Waals surface area contributed by atoms with Gasteiger partial charge in [0.2, 0.25) is 0 Å². The van der Waals surface area contributed by atoms with E-state index in [1.165, 1.54) is 0 Å². The van der Waals surface area contributed by atoms with Gasteiger partial charge in [-0.1, -0.05) is 12.1 Å². The van der Waals surface area contributed by atoms with Gasteiger partial charge in [-0.05, 0) is 25.0 Å². The average molecular weight is 162 g/mol.